The maximum Gasteiger partial charge on any atom is 0.296 e. The maximum absolute atomic E-state index is 9.85. The van der Waals surface area contributed by atoms with Gasteiger partial charge in [-0.2, -0.15) is 4.98 Å². The molecule has 4 heterocycles. The molecule has 2 aromatic heterocycles. The average Bonchev–Trinajstić information content (AvgIpc) is 3.43. The normalized spacial score (nSPS) is 25.6. The highest BCUT2D eigenvalue weighted by Crippen LogP contribution is 2.31. The summed E-state index contributed by atoms with van der Waals surface area (Å²) in [7, 11) is 0. The van der Waals surface area contributed by atoms with Gasteiger partial charge in [0.1, 0.15) is 24.1 Å². The summed E-state index contributed by atoms with van der Waals surface area (Å²) in [6.45, 7) is 0.978. The van der Waals surface area contributed by atoms with E-state index in [9.17, 15) is 10.2 Å². The van der Waals surface area contributed by atoms with E-state index < -0.39 is 6.10 Å². The Morgan fingerprint density at radius 3 is 2.80 bits per heavy atom. The Balaban J connectivity index is 1.32. The van der Waals surface area contributed by atoms with Gasteiger partial charge < -0.3 is 34.7 Å². The Hall–Kier alpha value is -2.43. The lowest BCUT2D eigenvalue weighted by atomic mass is 10.1. The number of aromatic amines is 1. The number of benzene rings is 1. The van der Waals surface area contributed by atoms with Gasteiger partial charge in [0.15, 0.2) is 11.8 Å². The number of H-pyrrole nitrogens is 1. The zero-order chi connectivity index (χ0) is 20.7. The lowest BCUT2D eigenvalue weighted by Gasteiger charge is -2.15. The van der Waals surface area contributed by atoms with E-state index in [0.29, 0.717) is 35.2 Å². The molecule has 10 heteroatoms. The van der Waals surface area contributed by atoms with Crippen LogP contribution in [-0.4, -0.2) is 62.8 Å². The Labute approximate surface area is 177 Å². The number of aliphatic hydroxyl groups is 2. The molecule has 2 saturated heterocycles. The zero-order valence-corrected chi connectivity index (χ0v) is 16.7. The third-order valence-corrected chi connectivity index (χ3v) is 5.67. The second kappa shape index (κ2) is 8.01. The van der Waals surface area contributed by atoms with E-state index in [4.69, 9.17) is 25.8 Å². The number of rotatable bonds is 6. The molecule has 0 aliphatic carbocycles. The second-order valence-electron chi connectivity index (χ2n) is 7.33. The van der Waals surface area contributed by atoms with Crippen molar-refractivity contribution >= 4 is 28.6 Å². The summed E-state index contributed by atoms with van der Waals surface area (Å²) in [6, 6.07) is 9.62. The van der Waals surface area contributed by atoms with Crippen LogP contribution in [0, 0.1) is 0 Å². The fraction of sp³-hybridized carbons (Fsp3) is 0.400. The molecule has 30 heavy (non-hydrogen) atoms. The molecule has 158 valence electrons. The van der Waals surface area contributed by atoms with Gasteiger partial charge in [0, 0.05) is 6.54 Å². The number of halogens is 1. The summed E-state index contributed by atoms with van der Waals surface area (Å²) in [6.07, 6.45) is -1.70. The van der Waals surface area contributed by atoms with Gasteiger partial charge >= 0.3 is 0 Å². The zero-order valence-electron chi connectivity index (χ0n) is 15.9. The Kier molecular flexibility index (Phi) is 5.21. The van der Waals surface area contributed by atoms with Crippen molar-refractivity contribution in [1.82, 2.24) is 15.0 Å². The van der Waals surface area contributed by atoms with Crippen molar-refractivity contribution in [2.24, 2.45) is 0 Å². The molecule has 4 atom stereocenters. The molecule has 1 unspecified atom stereocenters. The van der Waals surface area contributed by atoms with Crippen LogP contribution in [0.15, 0.2) is 30.3 Å². The standard InChI is InChI=1S/C20H21ClN4O5/c21-12-5-13-19(24-18(12)22-6-10-3-1-2-4-11(10)7-26)25-20(23-13)30-15-9-29-16-14(27)8-28-17(15)16/h1-5,14-17,26-27H,6-9H2,(H2,22,23,24,25)/t14-,15-,16-,17?/m1/s1. The Bertz CT molecular complexity index is 1060. The molecular formula is C20H21ClN4O5. The van der Waals surface area contributed by atoms with Crippen molar-refractivity contribution in [2.45, 2.75) is 37.6 Å². The third-order valence-electron chi connectivity index (χ3n) is 5.38. The molecule has 0 spiro atoms. The molecule has 2 fully saturated rings. The maximum atomic E-state index is 9.85. The number of nitrogens with zero attached hydrogens (tertiary/aromatic N) is 2. The van der Waals surface area contributed by atoms with Crippen LogP contribution >= 0.6 is 11.6 Å². The van der Waals surface area contributed by atoms with E-state index in [0.717, 1.165) is 11.1 Å². The fourth-order valence-corrected chi connectivity index (χ4v) is 4.05. The minimum atomic E-state index is -0.635. The van der Waals surface area contributed by atoms with Crippen LogP contribution in [0.2, 0.25) is 5.02 Å². The molecule has 2 aliphatic rings. The lowest BCUT2D eigenvalue weighted by molar-refractivity contribution is 0.00706. The average molecular weight is 433 g/mol. The van der Waals surface area contributed by atoms with E-state index in [-0.39, 0.29) is 37.5 Å². The molecule has 0 amide bonds. The first-order valence-corrected chi connectivity index (χ1v) is 10.1. The third kappa shape index (κ3) is 3.59. The number of nitrogens with one attached hydrogen (secondary N) is 2. The quantitative estimate of drug-likeness (QED) is 0.463. The van der Waals surface area contributed by atoms with Crippen molar-refractivity contribution in [2.75, 3.05) is 18.5 Å². The van der Waals surface area contributed by atoms with Gasteiger partial charge in [0.25, 0.3) is 6.01 Å². The number of pyridine rings is 1. The van der Waals surface area contributed by atoms with E-state index >= 15 is 0 Å². The van der Waals surface area contributed by atoms with E-state index in [1.165, 1.54) is 0 Å². The molecule has 5 rings (SSSR count). The summed E-state index contributed by atoms with van der Waals surface area (Å²) in [5.41, 5.74) is 2.89. The number of anilines is 1. The Morgan fingerprint density at radius 2 is 1.97 bits per heavy atom. The number of aromatic nitrogens is 3. The van der Waals surface area contributed by atoms with E-state index in [2.05, 4.69) is 20.3 Å². The summed E-state index contributed by atoms with van der Waals surface area (Å²) in [5.74, 6) is 0.487. The molecule has 0 bridgehead atoms. The summed E-state index contributed by atoms with van der Waals surface area (Å²) in [5, 5.41) is 23.0. The van der Waals surface area contributed by atoms with Gasteiger partial charge in [-0.25, -0.2) is 4.98 Å². The first-order chi connectivity index (χ1) is 14.6. The van der Waals surface area contributed by atoms with Crippen LogP contribution in [0.5, 0.6) is 6.01 Å². The van der Waals surface area contributed by atoms with Crippen molar-refractivity contribution in [3.05, 3.63) is 46.5 Å². The van der Waals surface area contributed by atoms with E-state index in [1.54, 1.807) is 6.07 Å². The van der Waals surface area contributed by atoms with Gasteiger partial charge in [-0.3, -0.25) is 0 Å². The molecule has 4 N–H and O–H groups in total. The molecule has 3 aromatic rings. The first kappa shape index (κ1) is 19.5. The van der Waals surface area contributed by atoms with Gasteiger partial charge in [-0.15, -0.1) is 0 Å². The SMILES string of the molecule is OCc1ccccc1CNc1nc2nc(O[C@@H]3CO[C@H]4C3OC[C@H]4O)[nH]c2cc1Cl. The number of aliphatic hydroxyl groups excluding tert-OH is 2. The smallest absolute Gasteiger partial charge is 0.296 e. The van der Waals surface area contributed by atoms with Crippen LogP contribution in [0.1, 0.15) is 11.1 Å². The van der Waals surface area contributed by atoms with Gasteiger partial charge in [-0.05, 0) is 17.2 Å². The minimum Gasteiger partial charge on any atom is -0.456 e. The molecule has 2 aliphatic heterocycles. The van der Waals surface area contributed by atoms with Crippen molar-refractivity contribution in [1.29, 1.82) is 0 Å². The first-order valence-electron chi connectivity index (χ1n) is 9.68. The van der Waals surface area contributed by atoms with Crippen LogP contribution < -0.4 is 10.1 Å². The van der Waals surface area contributed by atoms with Crippen molar-refractivity contribution in [3.8, 4) is 6.01 Å². The topological polar surface area (TPSA) is 122 Å². The van der Waals surface area contributed by atoms with Crippen LogP contribution in [-0.2, 0) is 22.6 Å². The molecular weight excluding hydrogens is 412 g/mol. The summed E-state index contributed by atoms with van der Waals surface area (Å²) < 4.78 is 17.0. The summed E-state index contributed by atoms with van der Waals surface area (Å²) >= 11 is 6.38. The van der Waals surface area contributed by atoms with Gasteiger partial charge in [0.05, 0.1) is 30.4 Å². The van der Waals surface area contributed by atoms with E-state index in [1.807, 2.05) is 24.3 Å². The molecule has 0 radical (unpaired) electrons. The monoisotopic (exact) mass is 432 g/mol. The number of fused-ring (bicyclic) bond motifs is 2. The largest absolute Gasteiger partial charge is 0.456 e. The van der Waals surface area contributed by atoms with Crippen LogP contribution in [0.25, 0.3) is 11.2 Å². The number of hydrogen-bond acceptors (Lipinski definition) is 8. The van der Waals surface area contributed by atoms with Crippen molar-refractivity contribution in [3.63, 3.8) is 0 Å². The highest BCUT2D eigenvalue weighted by Gasteiger charge is 2.48. The minimum absolute atomic E-state index is 0.0361. The van der Waals surface area contributed by atoms with Crippen LogP contribution in [0.3, 0.4) is 0 Å². The predicted octanol–water partition coefficient (Wildman–Crippen LogP) is 1.62. The number of imidazole rings is 1. The number of hydrogen-bond donors (Lipinski definition) is 4. The Morgan fingerprint density at radius 1 is 1.17 bits per heavy atom. The summed E-state index contributed by atoms with van der Waals surface area (Å²) in [4.78, 5) is 11.9. The lowest BCUT2D eigenvalue weighted by Crippen LogP contribution is -2.34. The van der Waals surface area contributed by atoms with Crippen molar-refractivity contribution < 1.29 is 24.4 Å². The highest BCUT2D eigenvalue weighted by atomic mass is 35.5. The van der Waals surface area contributed by atoms with Crippen LogP contribution in [0.4, 0.5) is 5.82 Å². The molecule has 1 aromatic carbocycles. The fourth-order valence-electron chi connectivity index (χ4n) is 3.83. The van der Waals surface area contributed by atoms with Gasteiger partial charge in [-0.1, -0.05) is 35.9 Å². The number of ether oxygens (including phenoxy) is 3. The predicted molar refractivity (Wildman–Crippen MR) is 108 cm³/mol. The molecule has 9 nitrogen and oxygen atoms in total. The highest BCUT2D eigenvalue weighted by molar-refractivity contribution is 6.33. The second-order valence-corrected chi connectivity index (χ2v) is 7.74. The van der Waals surface area contributed by atoms with Gasteiger partial charge in [0.2, 0.25) is 0 Å². The molecule has 0 saturated carbocycles.